The van der Waals surface area contributed by atoms with Gasteiger partial charge in [0.05, 0.1) is 0 Å². The maximum atomic E-state index is 11.6. The van der Waals surface area contributed by atoms with Crippen molar-refractivity contribution < 1.29 is 4.79 Å². The largest absolute Gasteiger partial charge is 0.347 e. The van der Waals surface area contributed by atoms with Crippen molar-refractivity contribution in [3.63, 3.8) is 0 Å². The van der Waals surface area contributed by atoms with Gasteiger partial charge in [-0.25, -0.2) is 0 Å². The molecule has 0 bridgehead atoms. The average molecular weight is 230 g/mol. The standard InChI is InChI=1S/C12H14N4O/c13-7-9-1-3-10(4-2-9)8-14-12(17)11-5-6-15-16-11/h1-6H,7-8,13H2,(H,14,17)(H,15,16). The Hall–Kier alpha value is -2.14. The quantitative estimate of drug-likeness (QED) is 0.726. The molecule has 0 aliphatic rings. The number of hydrogen-bond acceptors (Lipinski definition) is 3. The van der Waals surface area contributed by atoms with E-state index in [0.29, 0.717) is 18.8 Å². The van der Waals surface area contributed by atoms with Crippen molar-refractivity contribution in [3.05, 3.63) is 53.3 Å². The molecular formula is C12H14N4O. The maximum Gasteiger partial charge on any atom is 0.269 e. The Bertz CT molecular complexity index is 476. The lowest BCUT2D eigenvalue weighted by atomic mass is 10.1. The van der Waals surface area contributed by atoms with Gasteiger partial charge in [-0.05, 0) is 17.2 Å². The third-order valence-corrected chi connectivity index (χ3v) is 2.46. The Labute approximate surface area is 99.0 Å². The van der Waals surface area contributed by atoms with Gasteiger partial charge >= 0.3 is 0 Å². The van der Waals surface area contributed by atoms with E-state index in [1.54, 1.807) is 12.3 Å². The number of nitrogens with one attached hydrogen (secondary N) is 2. The van der Waals surface area contributed by atoms with E-state index >= 15 is 0 Å². The average Bonchev–Trinajstić information content (AvgIpc) is 2.90. The summed E-state index contributed by atoms with van der Waals surface area (Å²) in [5.41, 5.74) is 8.08. The van der Waals surface area contributed by atoms with Crippen LogP contribution in [0.25, 0.3) is 0 Å². The van der Waals surface area contributed by atoms with E-state index in [1.165, 1.54) is 0 Å². The Kier molecular flexibility index (Phi) is 3.52. The van der Waals surface area contributed by atoms with Crippen LogP contribution in [0.4, 0.5) is 0 Å². The summed E-state index contributed by atoms with van der Waals surface area (Å²) in [6.07, 6.45) is 1.55. The number of amides is 1. The molecule has 0 unspecified atom stereocenters. The first-order valence-electron chi connectivity index (χ1n) is 5.35. The van der Waals surface area contributed by atoms with Crippen LogP contribution in [0.2, 0.25) is 0 Å². The Morgan fingerprint density at radius 3 is 2.53 bits per heavy atom. The zero-order chi connectivity index (χ0) is 12.1. The number of rotatable bonds is 4. The number of benzene rings is 1. The minimum Gasteiger partial charge on any atom is -0.347 e. The molecular weight excluding hydrogens is 216 g/mol. The lowest BCUT2D eigenvalue weighted by Gasteiger charge is -2.04. The summed E-state index contributed by atoms with van der Waals surface area (Å²) in [7, 11) is 0. The first kappa shape index (κ1) is 11.3. The second-order valence-electron chi connectivity index (χ2n) is 3.67. The van der Waals surface area contributed by atoms with E-state index in [2.05, 4.69) is 15.5 Å². The molecule has 0 fully saturated rings. The van der Waals surface area contributed by atoms with Crippen molar-refractivity contribution in [1.29, 1.82) is 0 Å². The van der Waals surface area contributed by atoms with Crippen LogP contribution in [0, 0.1) is 0 Å². The summed E-state index contributed by atoms with van der Waals surface area (Å²) in [4.78, 5) is 11.6. The van der Waals surface area contributed by atoms with Gasteiger partial charge in [0, 0.05) is 19.3 Å². The van der Waals surface area contributed by atoms with Crippen molar-refractivity contribution in [2.24, 2.45) is 5.73 Å². The molecule has 0 aliphatic carbocycles. The fourth-order valence-electron chi connectivity index (χ4n) is 1.45. The van der Waals surface area contributed by atoms with Crippen molar-refractivity contribution in [2.45, 2.75) is 13.1 Å². The fourth-order valence-corrected chi connectivity index (χ4v) is 1.45. The van der Waals surface area contributed by atoms with E-state index in [4.69, 9.17) is 5.73 Å². The molecule has 1 heterocycles. The van der Waals surface area contributed by atoms with E-state index < -0.39 is 0 Å². The van der Waals surface area contributed by atoms with Crippen molar-refractivity contribution in [2.75, 3.05) is 0 Å². The number of hydrogen-bond donors (Lipinski definition) is 3. The van der Waals surface area contributed by atoms with Gasteiger partial charge < -0.3 is 11.1 Å². The van der Waals surface area contributed by atoms with Gasteiger partial charge in [-0.15, -0.1) is 0 Å². The van der Waals surface area contributed by atoms with Crippen molar-refractivity contribution in [3.8, 4) is 0 Å². The van der Waals surface area contributed by atoms with Crippen LogP contribution in [-0.4, -0.2) is 16.1 Å². The number of aromatic nitrogens is 2. The van der Waals surface area contributed by atoms with E-state index in [-0.39, 0.29) is 5.91 Å². The zero-order valence-corrected chi connectivity index (χ0v) is 9.31. The Morgan fingerprint density at radius 2 is 1.94 bits per heavy atom. The van der Waals surface area contributed by atoms with Gasteiger partial charge in [0.2, 0.25) is 0 Å². The Morgan fingerprint density at radius 1 is 1.24 bits per heavy atom. The third kappa shape index (κ3) is 2.92. The number of H-pyrrole nitrogens is 1. The van der Waals surface area contributed by atoms with Gasteiger partial charge in [0.25, 0.3) is 5.91 Å². The van der Waals surface area contributed by atoms with E-state index in [0.717, 1.165) is 11.1 Å². The van der Waals surface area contributed by atoms with Crippen LogP contribution >= 0.6 is 0 Å². The highest BCUT2D eigenvalue weighted by atomic mass is 16.1. The van der Waals surface area contributed by atoms with Crippen LogP contribution in [0.3, 0.4) is 0 Å². The molecule has 4 N–H and O–H groups in total. The minimum absolute atomic E-state index is 0.162. The van der Waals surface area contributed by atoms with Crippen LogP contribution < -0.4 is 11.1 Å². The van der Waals surface area contributed by atoms with Crippen LogP contribution in [0.15, 0.2) is 36.5 Å². The van der Waals surface area contributed by atoms with Crippen LogP contribution in [0.5, 0.6) is 0 Å². The van der Waals surface area contributed by atoms with Crippen molar-refractivity contribution in [1.82, 2.24) is 15.5 Å². The molecule has 5 heteroatoms. The first-order chi connectivity index (χ1) is 8.29. The number of nitrogens with two attached hydrogens (primary N) is 1. The zero-order valence-electron chi connectivity index (χ0n) is 9.31. The number of aromatic amines is 1. The fraction of sp³-hybridized carbons (Fsp3) is 0.167. The van der Waals surface area contributed by atoms with Gasteiger partial charge in [-0.2, -0.15) is 5.10 Å². The summed E-state index contributed by atoms with van der Waals surface area (Å²) in [6.45, 7) is 1.02. The second-order valence-corrected chi connectivity index (χ2v) is 3.67. The molecule has 2 aromatic rings. The normalized spacial score (nSPS) is 10.2. The van der Waals surface area contributed by atoms with Crippen LogP contribution in [0.1, 0.15) is 21.6 Å². The number of nitrogens with zero attached hydrogens (tertiary/aromatic N) is 1. The number of carbonyl (C=O) groups is 1. The van der Waals surface area contributed by atoms with Gasteiger partial charge in [-0.1, -0.05) is 24.3 Å². The Balaban J connectivity index is 1.91. The molecule has 5 nitrogen and oxygen atoms in total. The molecule has 0 aliphatic heterocycles. The highest BCUT2D eigenvalue weighted by molar-refractivity contribution is 5.91. The molecule has 0 saturated carbocycles. The van der Waals surface area contributed by atoms with Gasteiger partial charge in [0.1, 0.15) is 5.69 Å². The highest BCUT2D eigenvalue weighted by Gasteiger charge is 2.05. The first-order valence-corrected chi connectivity index (χ1v) is 5.35. The molecule has 1 aromatic carbocycles. The SMILES string of the molecule is NCc1ccc(CNC(=O)c2ccn[nH]2)cc1. The lowest BCUT2D eigenvalue weighted by molar-refractivity contribution is 0.0946. The molecule has 0 radical (unpaired) electrons. The van der Waals surface area contributed by atoms with Crippen LogP contribution in [-0.2, 0) is 13.1 Å². The summed E-state index contributed by atoms with van der Waals surface area (Å²) in [5.74, 6) is -0.162. The monoisotopic (exact) mass is 230 g/mol. The molecule has 2 rings (SSSR count). The second kappa shape index (κ2) is 5.27. The summed E-state index contributed by atoms with van der Waals surface area (Å²) in [5, 5.41) is 9.13. The molecule has 0 atom stereocenters. The smallest absolute Gasteiger partial charge is 0.269 e. The minimum atomic E-state index is -0.162. The van der Waals surface area contributed by atoms with Gasteiger partial charge in [-0.3, -0.25) is 9.89 Å². The van der Waals surface area contributed by atoms with E-state index in [1.807, 2.05) is 24.3 Å². The molecule has 1 aromatic heterocycles. The predicted octanol–water partition coefficient (Wildman–Crippen LogP) is 0.798. The number of carbonyl (C=O) groups excluding carboxylic acids is 1. The summed E-state index contributed by atoms with van der Waals surface area (Å²) >= 11 is 0. The third-order valence-electron chi connectivity index (χ3n) is 2.46. The van der Waals surface area contributed by atoms with Gasteiger partial charge in [0.15, 0.2) is 0 Å². The van der Waals surface area contributed by atoms with Crippen molar-refractivity contribution >= 4 is 5.91 Å². The molecule has 88 valence electrons. The molecule has 0 saturated heterocycles. The van der Waals surface area contributed by atoms with E-state index in [9.17, 15) is 4.79 Å². The topological polar surface area (TPSA) is 83.8 Å². The summed E-state index contributed by atoms with van der Waals surface area (Å²) in [6, 6.07) is 9.45. The maximum absolute atomic E-state index is 11.6. The highest BCUT2D eigenvalue weighted by Crippen LogP contribution is 2.03. The molecule has 0 spiro atoms. The molecule has 1 amide bonds. The predicted molar refractivity (Wildman–Crippen MR) is 64.1 cm³/mol. The summed E-state index contributed by atoms with van der Waals surface area (Å²) < 4.78 is 0. The molecule has 17 heavy (non-hydrogen) atoms. The lowest BCUT2D eigenvalue weighted by Crippen LogP contribution is -2.23.